The molecule has 0 aliphatic carbocycles. The molecule has 0 saturated heterocycles. The lowest BCUT2D eigenvalue weighted by Gasteiger charge is -2.28. The molecule has 0 spiro atoms. The van der Waals surface area contributed by atoms with E-state index in [0.717, 1.165) is 6.07 Å². The second kappa shape index (κ2) is 7.33. The normalized spacial score (nSPS) is 12.6. The van der Waals surface area contributed by atoms with Crippen LogP contribution in [-0.2, 0) is 16.6 Å². The van der Waals surface area contributed by atoms with Gasteiger partial charge in [0, 0.05) is 19.1 Å². The maximum atomic E-state index is 13.5. The molecule has 6 heteroatoms. The third-order valence-electron chi connectivity index (χ3n) is 3.10. The van der Waals surface area contributed by atoms with E-state index in [4.69, 9.17) is 0 Å². The number of rotatable bonds is 7. The Balaban J connectivity index is 3.36. The lowest BCUT2D eigenvalue weighted by atomic mass is 10.2. The predicted molar refractivity (Wildman–Crippen MR) is 83.0 cm³/mol. The average Bonchev–Trinajstić information content (AvgIpc) is 2.37. The summed E-state index contributed by atoms with van der Waals surface area (Å²) in [5.41, 5.74) is 0.577. The van der Waals surface area contributed by atoms with Crippen molar-refractivity contribution in [2.45, 2.75) is 45.2 Å². The Kier molecular flexibility index (Phi) is 6.31. The quantitative estimate of drug-likeness (QED) is 0.841. The molecule has 0 unspecified atom stereocenters. The molecule has 0 atom stereocenters. The van der Waals surface area contributed by atoms with Gasteiger partial charge in [-0.05, 0) is 44.5 Å². The minimum atomic E-state index is -3.72. The highest BCUT2D eigenvalue weighted by Crippen LogP contribution is 2.24. The first-order chi connectivity index (χ1) is 9.70. The third kappa shape index (κ3) is 4.49. The second-order valence-corrected chi connectivity index (χ2v) is 7.70. The fraction of sp³-hybridized carbons (Fsp3) is 0.600. The van der Waals surface area contributed by atoms with Crippen molar-refractivity contribution in [2.75, 3.05) is 13.6 Å². The van der Waals surface area contributed by atoms with Gasteiger partial charge in [0.15, 0.2) is 0 Å². The minimum Gasteiger partial charge on any atom is -0.316 e. The van der Waals surface area contributed by atoms with E-state index in [1.54, 1.807) is 7.05 Å². The Hall–Kier alpha value is -0.980. The molecule has 120 valence electrons. The monoisotopic (exact) mass is 316 g/mol. The van der Waals surface area contributed by atoms with Crippen LogP contribution >= 0.6 is 0 Å². The zero-order valence-corrected chi connectivity index (χ0v) is 14.2. The molecule has 1 aromatic rings. The number of sulfonamides is 1. The van der Waals surface area contributed by atoms with Crippen LogP contribution in [0.3, 0.4) is 0 Å². The molecule has 4 nitrogen and oxygen atoms in total. The van der Waals surface area contributed by atoms with Gasteiger partial charge in [0.25, 0.3) is 0 Å². The van der Waals surface area contributed by atoms with Crippen molar-refractivity contribution in [3.63, 3.8) is 0 Å². The Morgan fingerprint density at radius 3 is 2.33 bits per heavy atom. The van der Waals surface area contributed by atoms with Gasteiger partial charge in [-0.15, -0.1) is 0 Å². The number of nitrogens with one attached hydrogen (secondary N) is 1. The molecule has 0 fully saturated rings. The van der Waals surface area contributed by atoms with Crippen molar-refractivity contribution in [1.82, 2.24) is 9.62 Å². The maximum Gasteiger partial charge on any atom is 0.243 e. The van der Waals surface area contributed by atoms with Crippen LogP contribution in [0.15, 0.2) is 23.1 Å². The molecule has 1 N–H and O–H groups in total. The zero-order chi connectivity index (χ0) is 16.2. The highest BCUT2D eigenvalue weighted by Gasteiger charge is 2.29. The summed E-state index contributed by atoms with van der Waals surface area (Å²) in [6.07, 6.45) is 0. The van der Waals surface area contributed by atoms with Crippen LogP contribution in [0.4, 0.5) is 4.39 Å². The number of hydrogen-bond acceptors (Lipinski definition) is 3. The van der Waals surface area contributed by atoms with E-state index in [9.17, 15) is 12.8 Å². The van der Waals surface area contributed by atoms with Gasteiger partial charge in [-0.25, -0.2) is 12.8 Å². The van der Waals surface area contributed by atoms with E-state index in [-0.39, 0.29) is 16.9 Å². The smallest absolute Gasteiger partial charge is 0.243 e. The van der Waals surface area contributed by atoms with Crippen LogP contribution in [0.5, 0.6) is 0 Å². The summed E-state index contributed by atoms with van der Waals surface area (Å²) in [7, 11) is -1.99. The Morgan fingerprint density at radius 1 is 1.24 bits per heavy atom. The van der Waals surface area contributed by atoms with E-state index in [0.29, 0.717) is 18.7 Å². The Bertz CT molecular complexity index is 571. The van der Waals surface area contributed by atoms with Gasteiger partial charge in [-0.2, -0.15) is 4.31 Å². The van der Waals surface area contributed by atoms with Gasteiger partial charge >= 0.3 is 0 Å². The van der Waals surface area contributed by atoms with E-state index in [1.807, 2.05) is 27.7 Å². The number of benzene rings is 1. The minimum absolute atomic E-state index is 0.0474. The third-order valence-corrected chi connectivity index (χ3v) is 5.23. The van der Waals surface area contributed by atoms with Crippen molar-refractivity contribution in [3.8, 4) is 0 Å². The standard InChI is InChI=1S/C15H25FN2O2S/c1-11(2)10-18(12(3)4)21(19,20)15-8-14(16)7-6-13(15)9-17-5/h6-8,11-12,17H,9-10H2,1-5H3. The summed E-state index contributed by atoms with van der Waals surface area (Å²) in [4.78, 5) is 0.0474. The van der Waals surface area contributed by atoms with Gasteiger partial charge in [0.2, 0.25) is 10.0 Å². The van der Waals surface area contributed by atoms with Gasteiger partial charge in [0.1, 0.15) is 5.82 Å². The average molecular weight is 316 g/mol. The highest BCUT2D eigenvalue weighted by molar-refractivity contribution is 7.89. The Labute approximate surface area is 127 Å². The van der Waals surface area contributed by atoms with E-state index < -0.39 is 15.8 Å². The molecule has 0 aromatic heterocycles. The van der Waals surface area contributed by atoms with Gasteiger partial charge < -0.3 is 5.32 Å². The molecule has 21 heavy (non-hydrogen) atoms. The number of halogens is 1. The SMILES string of the molecule is CNCc1ccc(F)cc1S(=O)(=O)N(CC(C)C)C(C)C. The number of nitrogens with zero attached hydrogens (tertiary/aromatic N) is 1. The van der Waals surface area contributed by atoms with E-state index >= 15 is 0 Å². The summed E-state index contributed by atoms with van der Waals surface area (Å²) < 4.78 is 40.8. The van der Waals surface area contributed by atoms with Crippen molar-refractivity contribution in [1.29, 1.82) is 0 Å². The molecule has 0 amide bonds. The summed E-state index contributed by atoms with van der Waals surface area (Å²) in [5, 5.41) is 2.92. The van der Waals surface area contributed by atoms with Crippen molar-refractivity contribution < 1.29 is 12.8 Å². The zero-order valence-electron chi connectivity index (χ0n) is 13.4. The summed E-state index contributed by atoms with van der Waals surface area (Å²) in [6, 6.07) is 3.74. The molecule has 0 bridgehead atoms. The molecule has 0 aliphatic heterocycles. The summed E-state index contributed by atoms with van der Waals surface area (Å²) in [6.45, 7) is 8.38. The fourth-order valence-electron chi connectivity index (χ4n) is 2.18. The topological polar surface area (TPSA) is 49.4 Å². The molecular formula is C15H25FN2O2S. The van der Waals surface area contributed by atoms with Crippen molar-refractivity contribution in [2.24, 2.45) is 5.92 Å². The highest BCUT2D eigenvalue weighted by atomic mass is 32.2. The maximum absolute atomic E-state index is 13.5. The number of hydrogen-bond donors (Lipinski definition) is 1. The van der Waals surface area contributed by atoms with E-state index in [2.05, 4.69) is 5.32 Å². The summed E-state index contributed by atoms with van der Waals surface area (Å²) in [5.74, 6) is -0.342. The van der Waals surface area contributed by atoms with Crippen LogP contribution in [0, 0.1) is 11.7 Å². The van der Waals surface area contributed by atoms with Gasteiger partial charge in [-0.1, -0.05) is 19.9 Å². The van der Waals surface area contributed by atoms with E-state index in [1.165, 1.54) is 16.4 Å². The lowest BCUT2D eigenvalue weighted by Crippen LogP contribution is -2.40. The molecule has 1 rings (SSSR count). The lowest BCUT2D eigenvalue weighted by molar-refractivity contribution is 0.318. The van der Waals surface area contributed by atoms with Gasteiger partial charge in [0.05, 0.1) is 4.90 Å². The predicted octanol–water partition coefficient (Wildman–Crippen LogP) is 2.60. The van der Waals surface area contributed by atoms with Crippen LogP contribution < -0.4 is 5.32 Å². The fourth-order valence-corrected chi connectivity index (χ4v) is 4.21. The first-order valence-electron chi connectivity index (χ1n) is 7.15. The second-order valence-electron chi connectivity index (χ2n) is 5.84. The Morgan fingerprint density at radius 2 is 1.86 bits per heavy atom. The molecule has 0 saturated carbocycles. The molecule has 0 heterocycles. The molecule has 1 aromatic carbocycles. The van der Waals surface area contributed by atoms with Crippen molar-refractivity contribution in [3.05, 3.63) is 29.6 Å². The molecule has 0 aliphatic rings. The molecular weight excluding hydrogens is 291 g/mol. The van der Waals surface area contributed by atoms with Gasteiger partial charge in [-0.3, -0.25) is 0 Å². The van der Waals surface area contributed by atoms with Crippen LogP contribution in [0.2, 0.25) is 0 Å². The molecule has 0 radical (unpaired) electrons. The van der Waals surface area contributed by atoms with Crippen LogP contribution in [0.25, 0.3) is 0 Å². The summed E-state index contributed by atoms with van der Waals surface area (Å²) >= 11 is 0. The largest absolute Gasteiger partial charge is 0.316 e. The van der Waals surface area contributed by atoms with Crippen molar-refractivity contribution >= 4 is 10.0 Å². The first-order valence-corrected chi connectivity index (χ1v) is 8.59. The van der Waals surface area contributed by atoms with Crippen LogP contribution in [0.1, 0.15) is 33.3 Å². The first kappa shape index (κ1) is 18.1. The van der Waals surface area contributed by atoms with Crippen LogP contribution in [-0.4, -0.2) is 32.4 Å².